The Kier molecular flexibility index (Phi) is 5.41. The second-order valence-electron chi connectivity index (χ2n) is 6.06. The summed E-state index contributed by atoms with van der Waals surface area (Å²) in [6.07, 6.45) is 3.29. The van der Waals surface area contributed by atoms with Crippen molar-refractivity contribution in [3.05, 3.63) is 29.8 Å². The van der Waals surface area contributed by atoms with Crippen molar-refractivity contribution in [1.82, 2.24) is 5.32 Å². The number of hydrogen-bond acceptors (Lipinski definition) is 4. The minimum absolute atomic E-state index is 0.0784. The Labute approximate surface area is 130 Å². The van der Waals surface area contributed by atoms with E-state index in [0.29, 0.717) is 17.4 Å². The molecule has 120 valence electrons. The van der Waals surface area contributed by atoms with Crippen LogP contribution in [0.15, 0.2) is 24.3 Å². The molecule has 0 aliphatic heterocycles. The molecular weight excluding hydrogens is 282 g/mol. The Hall–Kier alpha value is -2.04. The van der Waals surface area contributed by atoms with Gasteiger partial charge in [0.25, 0.3) is 5.91 Å². The number of benzene rings is 1. The lowest BCUT2D eigenvalue weighted by Gasteiger charge is -2.34. The molecule has 1 aromatic rings. The van der Waals surface area contributed by atoms with Crippen LogP contribution in [-0.4, -0.2) is 29.6 Å². The number of nitrogens with one attached hydrogen (secondary N) is 1. The van der Waals surface area contributed by atoms with Crippen molar-refractivity contribution in [3.8, 4) is 5.75 Å². The summed E-state index contributed by atoms with van der Waals surface area (Å²) in [5.41, 5.74) is 0.310. The number of hydrogen-bond donors (Lipinski definition) is 2. The topological polar surface area (TPSA) is 75.6 Å². The molecule has 0 bridgehead atoms. The SMILES string of the molecule is C[C@@H]1[C@H](C)CCC[C@@H]1NC(=O)COC(=O)c1ccc(O)cc1. The van der Waals surface area contributed by atoms with Crippen LogP contribution in [0.5, 0.6) is 5.75 Å². The number of amides is 1. The van der Waals surface area contributed by atoms with Gasteiger partial charge in [0.1, 0.15) is 5.75 Å². The Morgan fingerprint density at radius 1 is 1.23 bits per heavy atom. The quantitative estimate of drug-likeness (QED) is 0.838. The Bertz CT molecular complexity index is 526. The molecule has 1 aromatic carbocycles. The summed E-state index contributed by atoms with van der Waals surface area (Å²) in [4.78, 5) is 23.7. The Balaban J connectivity index is 1.80. The van der Waals surface area contributed by atoms with E-state index in [4.69, 9.17) is 9.84 Å². The second kappa shape index (κ2) is 7.29. The summed E-state index contributed by atoms with van der Waals surface area (Å²) in [5, 5.41) is 12.1. The molecule has 0 unspecified atom stereocenters. The first-order valence-corrected chi connectivity index (χ1v) is 7.73. The molecule has 2 rings (SSSR count). The predicted octanol–water partition coefficient (Wildman–Crippen LogP) is 2.49. The smallest absolute Gasteiger partial charge is 0.338 e. The van der Waals surface area contributed by atoms with Crippen molar-refractivity contribution in [2.75, 3.05) is 6.61 Å². The van der Waals surface area contributed by atoms with Gasteiger partial charge < -0.3 is 15.2 Å². The van der Waals surface area contributed by atoms with Gasteiger partial charge in [0, 0.05) is 6.04 Å². The van der Waals surface area contributed by atoms with E-state index in [9.17, 15) is 9.59 Å². The summed E-state index contributed by atoms with van der Waals surface area (Å²) >= 11 is 0. The minimum Gasteiger partial charge on any atom is -0.508 e. The lowest BCUT2D eigenvalue weighted by atomic mass is 9.78. The van der Waals surface area contributed by atoms with Gasteiger partial charge in [-0.1, -0.05) is 26.7 Å². The number of aromatic hydroxyl groups is 1. The molecule has 0 saturated heterocycles. The van der Waals surface area contributed by atoms with E-state index in [1.54, 1.807) is 0 Å². The number of phenols is 1. The van der Waals surface area contributed by atoms with Gasteiger partial charge in [-0.25, -0.2) is 4.79 Å². The third-order valence-corrected chi connectivity index (χ3v) is 4.49. The van der Waals surface area contributed by atoms with Crippen LogP contribution in [0.4, 0.5) is 0 Å². The molecule has 0 aromatic heterocycles. The summed E-state index contributed by atoms with van der Waals surface area (Å²) in [7, 11) is 0. The van der Waals surface area contributed by atoms with Gasteiger partial charge in [-0.05, 0) is 42.5 Å². The highest BCUT2D eigenvalue weighted by molar-refractivity contribution is 5.91. The summed E-state index contributed by atoms with van der Waals surface area (Å²) in [6, 6.07) is 5.88. The molecule has 1 amide bonds. The zero-order valence-corrected chi connectivity index (χ0v) is 13.0. The van der Waals surface area contributed by atoms with Crippen LogP contribution in [0.1, 0.15) is 43.5 Å². The molecule has 1 aliphatic carbocycles. The summed E-state index contributed by atoms with van der Waals surface area (Å²) in [5.74, 6) is 0.275. The van der Waals surface area contributed by atoms with E-state index >= 15 is 0 Å². The monoisotopic (exact) mass is 305 g/mol. The van der Waals surface area contributed by atoms with Gasteiger partial charge >= 0.3 is 5.97 Å². The molecule has 0 spiro atoms. The number of carbonyl (C=O) groups excluding carboxylic acids is 2. The molecular formula is C17H23NO4. The maximum Gasteiger partial charge on any atom is 0.338 e. The van der Waals surface area contributed by atoms with E-state index < -0.39 is 5.97 Å². The van der Waals surface area contributed by atoms with Crippen LogP contribution in [0, 0.1) is 11.8 Å². The first-order chi connectivity index (χ1) is 10.5. The van der Waals surface area contributed by atoms with Gasteiger partial charge in [0.2, 0.25) is 0 Å². The van der Waals surface area contributed by atoms with Crippen LogP contribution >= 0.6 is 0 Å². The third-order valence-electron chi connectivity index (χ3n) is 4.49. The van der Waals surface area contributed by atoms with E-state index in [2.05, 4.69) is 19.2 Å². The van der Waals surface area contributed by atoms with E-state index in [-0.39, 0.29) is 24.3 Å². The van der Waals surface area contributed by atoms with E-state index in [0.717, 1.165) is 12.8 Å². The largest absolute Gasteiger partial charge is 0.508 e. The highest BCUT2D eigenvalue weighted by Crippen LogP contribution is 2.29. The van der Waals surface area contributed by atoms with Crippen LogP contribution in [0.3, 0.4) is 0 Å². The van der Waals surface area contributed by atoms with Gasteiger partial charge in [0.05, 0.1) is 5.56 Å². The molecule has 22 heavy (non-hydrogen) atoms. The third kappa shape index (κ3) is 4.23. The van der Waals surface area contributed by atoms with Gasteiger partial charge in [-0.15, -0.1) is 0 Å². The number of carbonyl (C=O) groups is 2. The standard InChI is InChI=1S/C17H23NO4/c1-11-4-3-5-15(12(11)2)18-16(20)10-22-17(21)13-6-8-14(19)9-7-13/h6-9,11-12,15,19H,3-5,10H2,1-2H3,(H,18,20)/t11-,12-,15+/m1/s1. The number of rotatable bonds is 4. The maximum atomic E-state index is 11.9. The van der Waals surface area contributed by atoms with Crippen molar-refractivity contribution in [1.29, 1.82) is 0 Å². The van der Waals surface area contributed by atoms with Gasteiger partial charge in [-0.3, -0.25) is 4.79 Å². The molecule has 1 aliphatic rings. The molecule has 5 nitrogen and oxygen atoms in total. The first kappa shape index (κ1) is 16.3. The van der Waals surface area contributed by atoms with Crippen molar-refractivity contribution < 1.29 is 19.4 Å². The molecule has 1 fully saturated rings. The van der Waals surface area contributed by atoms with Gasteiger partial charge in [-0.2, -0.15) is 0 Å². The molecule has 2 N–H and O–H groups in total. The minimum atomic E-state index is -0.569. The van der Waals surface area contributed by atoms with E-state index in [1.165, 1.54) is 30.7 Å². The van der Waals surface area contributed by atoms with Crippen LogP contribution in [0.2, 0.25) is 0 Å². The summed E-state index contributed by atoms with van der Waals surface area (Å²) in [6.45, 7) is 4.07. The van der Waals surface area contributed by atoms with Crippen molar-refractivity contribution >= 4 is 11.9 Å². The normalized spacial score (nSPS) is 24.5. The number of ether oxygens (including phenoxy) is 1. The van der Waals surface area contributed by atoms with E-state index in [1.807, 2.05) is 0 Å². The van der Waals surface area contributed by atoms with Crippen LogP contribution in [-0.2, 0) is 9.53 Å². The zero-order chi connectivity index (χ0) is 16.1. The van der Waals surface area contributed by atoms with Crippen molar-refractivity contribution in [3.63, 3.8) is 0 Å². The fourth-order valence-corrected chi connectivity index (χ4v) is 2.85. The molecule has 5 heteroatoms. The number of esters is 1. The lowest BCUT2D eigenvalue weighted by molar-refractivity contribution is -0.125. The predicted molar refractivity (Wildman–Crippen MR) is 82.5 cm³/mol. The average Bonchev–Trinajstić information content (AvgIpc) is 2.50. The molecule has 3 atom stereocenters. The zero-order valence-electron chi connectivity index (χ0n) is 13.0. The average molecular weight is 305 g/mol. The highest BCUT2D eigenvalue weighted by atomic mass is 16.5. The fraction of sp³-hybridized carbons (Fsp3) is 0.529. The molecule has 0 heterocycles. The number of phenolic OH excluding ortho intramolecular Hbond substituents is 1. The van der Waals surface area contributed by atoms with Crippen LogP contribution in [0.25, 0.3) is 0 Å². The highest BCUT2D eigenvalue weighted by Gasteiger charge is 2.28. The molecule has 1 saturated carbocycles. The van der Waals surface area contributed by atoms with Crippen molar-refractivity contribution in [2.45, 2.75) is 39.2 Å². The fourth-order valence-electron chi connectivity index (χ4n) is 2.85. The van der Waals surface area contributed by atoms with Crippen LogP contribution < -0.4 is 5.32 Å². The first-order valence-electron chi connectivity index (χ1n) is 7.73. The maximum absolute atomic E-state index is 11.9. The lowest BCUT2D eigenvalue weighted by Crippen LogP contribution is -2.45. The van der Waals surface area contributed by atoms with Gasteiger partial charge in [0.15, 0.2) is 6.61 Å². The Morgan fingerprint density at radius 2 is 1.91 bits per heavy atom. The second-order valence-corrected chi connectivity index (χ2v) is 6.06. The van der Waals surface area contributed by atoms with Crippen molar-refractivity contribution in [2.24, 2.45) is 11.8 Å². The summed E-state index contributed by atoms with van der Waals surface area (Å²) < 4.78 is 5.00. The Morgan fingerprint density at radius 3 is 2.59 bits per heavy atom. The molecule has 0 radical (unpaired) electrons.